The summed E-state index contributed by atoms with van der Waals surface area (Å²) in [5.41, 5.74) is 0.773. The minimum atomic E-state index is -1.69. The molecule has 0 bridgehead atoms. The van der Waals surface area contributed by atoms with Crippen molar-refractivity contribution in [1.29, 1.82) is 0 Å². The van der Waals surface area contributed by atoms with Gasteiger partial charge >= 0.3 is 12.0 Å². The second-order valence-electron chi connectivity index (χ2n) is 4.98. The lowest BCUT2D eigenvalue weighted by atomic mass is 9.97. The molecule has 2 rings (SSSR count). The standard InChI is InChI=1S/C14H14ClFO4/c15-10-3-1-9(2-4-10)14(5-6-14)8-20-11(13(18)19)7-12(16)17/h1-4,11H,5-8H2,(H,18,19). The van der Waals surface area contributed by atoms with E-state index in [0.29, 0.717) is 5.02 Å². The summed E-state index contributed by atoms with van der Waals surface area (Å²) in [6.07, 6.45) is -0.460. The van der Waals surface area contributed by atoms with E-state index in [1.807, 2.05) is 12.1 Å². The molecule has 1 aliphatic rings. The number of hydrogen-bond donors (Lipinski definition) is 1. The summed E-state index contributed by atoms with van der Waals surface area (Å²) in [6, 6.07) is 5.57. The highest BCUT2D eigenvalue weighted by Crippen LogP contribution is 2.48. The topological polar surface area (TPSA) is 63.6 Å². The van der Waals surface area contributed by atoms with Crippen LogP contribution < -0.4 is 0 Å². The van der Waals surface area contributed by atoms with Gasteiger partial charge in [-0.3, -0.25) is 4.79 Å². The fourth-order valence-corrected chi connectivity index (χ4v) is 2.22. The van der Waals surface area contributed by atoms with Gasteiger partial charge in [-0.25, -0.2) is 4.79 Å². The molecule has 1 unspecified atom stereocenters. The van der Waals surface area contributed by atoms with E-state index in [-0.39, 0.29) is 12.0 Å². The molecule has 0 spiro atoms. The van der Waals surface area contributed by atoms with Crippen molar-refractivity contribution in [2.24, 2.45) is 0 Å². The molecule has 0 aliphatic heterocycles. The normalized spacial score (nSPS) is 17.5. The summed E-state index contributed by atoms with van der Waals surface area (Å²) >= 11 is 5.82. The zero-order valence-corrected chi connectivity index (χ0v) is 11.4. The lowest BCUT2D eigenvalue weighted by Gasteiger charge is -2.19. The van der Waals surface area contributed by atoms with Crippen molar-refractivity contribution in [3.63, 3.8) is 0 Å². The molecule has 1 N–H and O–H groups in total. The Hall–Kier alpha value is -1.46. The van der Waals surface area contributed by atoms with Gasteiger partial charge in [0.1, 0.15) is 0 Å². The summed E-state index contributed by atoms with van der Waals surface area (Å²) in [5.74, 6) is -1.33. The molecule has 4 nitrogen and oxygen atoms in total. The maximum atomic E-state index is 12.3. The quantitative estimate of drug-likeness (QED) is 0.786. The lowest BCUT2D eigenvalue weighted by molar-refractivity contribution is -0.155. The Labute approximate surface area is 120 Å². The van der Waals surface area contributed by atoms with Gasteiger partial charge < -0.3 is 9.84 Å². The molecular weight excluding hydrogens is 287 g/mol. The van der Waals surface area contributed by atoms with E-state index in [2.05, 4.69) is 0 Å². The Balaban J connectivity index is 2.00. The fourth-order valence-electron chi connectivity index (χ4n) is 2.09. The molecule has 0 radical (unpaired) electrons. The Morgan fingerprint density at radius 1 is 1.35 bits per heavy atom. The van der Waals surface area contributed by atoms with Crippen LogP contribution in [0.25, 0.3) is 0 Å². The maximum Gasteiger partial charge on any atom is 0.333 e. The number of rotatable bonds is 7. The molecule has 1 aromatic carbocycles. The predicted octanol–water partition coefficient (Wildman–Crippen LogP) is 2.73. The maximum absolute atomic E-state index is 12.3. The van der Waals surface area contributed by atoms with Crippen molar-refractivity contribution < 1.29 is 23.8 Å². The van der Waals surface area contributed by atoms with E-state index < -0.39 is 24.5 Å². The SMILES string of the molecule is O=C(F)CC(OCC1(c2ccc(Cl)cc2)CC1)C(=O)O. The second-order valence-corrected chi connectivity index (χ2v) is 5.42. The summed E-state index contributed by atoms with van der Waals surface area (Å²) in [4.78, 5) is 21.3. The molecule has 1 saturated carbocycles. The van der Waals surface area contributed by atoms with Crippen LogP contribution in [0.3, 0.4) is 0 Å². The number of halogens is 2. The Morgan fingerprint density at radius 2 is 1.95 bits per heavy atom. The van der Waals surface area contributed by atoms with Crippen molar-refractivity contribution in [1.82, 2.24) is 0 Å². The van der Waals surface area contributed by atoms with E-state index >= 15 is 0 Å². The van der Waals surface area contributed by atoms with Crippen molar-refractivity contribution >= 4 is 23.6 Å². The molecule has 0 amide bonds. The minimum Gasteiger partial charge on any atom is -0.479 e. The molecule has 6 heteroatoms. The molecule has 0 heterocycles. The number of carboxylic acid groups (broad SMARTS) is 1. The summed E-state index contributed by atoms with van der Waals surface area (Å²) in [7, 11) is 0. The molecule has 1 fully saturated rings. The predicted molar refractivity (Wildman–Crippen MR) is 70.5 cm³/mol. The van der Waals surface area contributed by atoms with E-state index in [0.717, 1.165) is 18.4 Å². The fraction of sp³-hybridized carbons (Fsp3) is 0.429. The molecule has 20 heavy (non-hydrogen) atoms. The first-order valence-electron chi connectivity index (χ1n) is 6.22. The molecule has 0 aromatic heterocycles. The Bertz CT molecular complexity index is 510. The van der Waals surface area contributed by atoms with Crippen LogP contribution in [0.4, 0.5) is 4.39 Å². The van der Waals surface area contributed by atoms with E-state index in [9.17, 15) is 14.0 Å². The number of hydrogen-bond acceptors (Lipinski definition) is 3. The molecule has 1 atom stereocenters. The van der Waals surface area contributed by atoms with E-state index in [1.165, 1.54) is 0 Å². The lowest BCUT2D eigenvalue weighted by Crippen LogP contribution is -2.29. The van der Waals surface area contributed by atoms with Crippen LogP contribution >= 0.6 is 11.6 Å². The first-order valence-corrected chi connectivity index (χ1v) is 6.59. The van der Waals surface area contributed by atoms with E-state index in [4.69, 9.17) is 21.4 Å². The highest BCUT2D eigenvalue weighted by Gasteiger charge is 2.45. The second kappa shape index (κ2) is 5.89. The highest BCUT2D eigenvalue weighted by atomic mass is 35.5. The third-order valence-corrected chi connectivity index (χ3v) is 3.74. The third-order valence-electron chi connectivity index (χ3n) is 3.49. The van der Waals surface area contributed by atoms with Gasteiger partial charge in [-0.15, -0.1) is 0 Å². The number of benzene rings is 1. The number of aliphatic carboxylic acids is 1. The molecule has 108 valence electrons. The Morgan fingerprint density at radius 3 is 2.40 bits per heavy atom. The number of carbonyl (C=O) groups is 2. The zero-order chi connectivity index (χ0) is 14.8. The van der Waals surface area contributed by atoms with Crippen molar-refractivity contribution in [2.75, 3.05) is 6.61 Å². The smallest absolute Gasteiger partial charge is 0.333 e. The monoisotopic (exact) mass is 300 g/mol. The average Bonchev–Trinajstić information content (AvgIpc) is 3.15. The van der Waals surface area contributed by atoms with Crippen molar-refractivity contribution in [3.05, 3.63) is 34.9 Å². The molecule has 0 saturated heterocycles. The van der Waals surface area contributed by atoms with Crippen LogP contribution in [0.2, 0.25) is 5.02 Å². The Kier molecular flexibility index (Phi) is 4.40. The van der Waals surface area contributed by atoms with Gasteiger partial charge in [0.2, 0.25) is 0 Å². The molecule has 1 aromatic rings. The van der Waals surface area contributed by atoms with Crippen molar-refractivity contribution in [2.45, 2.75) is 30.8 Å². The van der Waals surface area contributed by atoms with Gasteiger partial charge in [0.15, 0.2) is 6.10 Å². The van der Waals surface area contributed by atoms with Gasteiger partial charge in [0.25, 0.3) is 0 Å². The van der Waals surface area contributed by atoms with Gasteiger partial charge in [-0.2, -0.15) is 4.39 Å². The number of carboxylic acids is 1. The molecule has 1 aliphatic carbocycles. The number of ether oxygens (including phenoxy) is 1. The molecular formula is C14H14ClFO4. The first-order chi connectivity index (χ1) is 9.43. The van der Waals surface area contributed by atoms with E-state index in [1.54, 1.807) is 12.1 Å². The van der Waals surface area contributed by atoms with Crippen LogP contribution in [-0.4, -0.2) is 29.8 Å². The largest absolute Gasteiger partial charge is 0.479 e. The van der Waals surface area contributed by atoms with Crippen LogP contribution in [0, 0.1) is 0 Å². The van der Waals surface area contributed by atoms with Crippen LogP contribution in [0.5, 0.6) is 0 Å². The van der Waals surface area contributed by atoms with Gasteiger partial charge in [-0.05, 0) is 30.5 Å². The summed E-state index contributed by atoms with van der Waals surface area (Å²) in [5, 5.41) is 9.51. The van der Waals surface area contributed by atoms with Gasteiger partial charge in [0, 0.05) is 10.4 Å². The van der Waals surface area contributed by atoms with Crippen LogP contribution in [-0.2, 0) is 19.7 Å². The van der Waals surface area contributed by atoms with Crippen LogP contribution in [0.15, 0.2) is 24.3 Å². The average molecular weight is 301 g/mol. The first kappa shape index (κ1) is 14.9. The van der Waals surface area contributed by atoms with Gasteiger partial charge in [-0.1, -0.05) is 23.7 Å². The third kappa shape index (κ3) is 3.55. The zero-order valence-electron chi connectivity index (χ0n) is 10.6. The van der Waals surface area contributed by atoms with Gasteiger partial charge in [0.05, 0.1) is 13.0 Å². The van der Waals surface area contributed by atoms with Crippen LogP contribution in [0.1, 0.15) is 24.8 Å². The summed E-state index contributed by atoms with van der Waals surface area (Å²) < 4.78 is 17.6. The number of carbonyl (C=O) groups excluding carboxylic acids is 1. The summed E-state index contributed by atoms with van der Waals surface area (Å²) in [6.45, 7) is 0.152. The minimum absolute atomic E-state index is 0.152. The highest BCUT2D eigenvalue weighted by molar-refractivity contribution is 6.30. The van der Waals surface area contributed by atoms with Crippen molar-refractivity contribution in [3.8, 4) is 0 Å².